The Hall–Kier alpha value is -0.760. The summed E-state index contributed by atoms with van der Waals surface area (Å²) in [6, 6.07) is 8.39. The number of hydrogen-bond acceptors (Lipinski definition) is 2. The average molecular weight is 206 g/mol. The van der Waals surface area contributed by atoms with Crippen LogP contribution in [0.3, 0.4) is 0 Å². The van der Waals surface area contributed by atoms with Crippen molar-refractivity contribution in [1.82, 2.24) is 0 Å². The average Bonchev–Trinajstić information content (AvgIpc) is 2.18. The van der Waals surface area contributed by atoms with Crippen molar-refractivity contribution < 1.29 is 4.79 Å². The number of thioether (sulfide) groups is 1. The van der Waals surface area contributed by atoms with E-state index in [0.29, 0.717) is 0 Å². The minimum absolute atomic E-state index is 0.142. The van der Waals surface area contributed by atoms with Crippen LogP contribution in [-0.2, 0) is 10.2 Å². The Morgan fingerprint density at radius 2 is 1.93 bits per heavy atom. The van der Waals surface area contributed by atoms with E-state index in [-0.39, 0.29) is 5.41 Å². The van der Waals surface area contributed by atoms with Gasteiger partial charge in [-0.3, -0.25) is 0 Å². The Labute approximate surface area is 88.9 Å². The second-order valence-corrected chi connectivity index (χ2v) is 4.74. The largest absolute Gasteiger partial charge is 0.302 e. The molecular weight excluding hydrogens is 192 g/mol. The maximum atomic E-state index is 11.1. The van der Waals surface area contributed by atoms with Gasteiger partial charge < -0.3 is 4.79 Å². The molecule has 0 atom stereocenters. The molecule has 2 rings (SSSR count). The van der Waals surface area contributed by atoms with Gasteiger partial charge in [0.15, 0.2) is 0 Å². The second-order valence-electron chi connectivity index (χ2n) is 3.86. The van der Waals surface area contributed by atoms with Gasteiger partial charge in [0.05, 0.1) is 5.41 Å². The van der Waals surface area contributed by atoms with Gasteiger partial charge in [-0.2, -0.15) is 0 Å². The van der Waals surface area contributed by atoms with Crippen LogP contribution in [0.5, 0.6) is 0 Å². The number of carbonyl (C=O) groups is 1. The monoisotopic (exact) mass is 206 g/mol. The van der Waals surface area contributed by atoms with Gasteiger partial charge in [-0.05, 0) is 36.8 Å². The first-order valence-corrected chi connectivity index (χ1v) is 6.14. The van der Waals surface area contributed by atoms with Crippen molar-refractivity contribution >= 4 is 18.0 Å². The zero-order chi connectivity index (χ0) is 10.0. The number of hydrogen-bond donors (Lipinski definition) is 0. The smallest absolute Gasteiger partial charge is 0.130 e. The molecule has 0 amide bonds. The third-order valence-corrected chi connectivity index (χ3v) is 3.88. The fraction of sp³-hybridized carbons (Fsp3) is 0.417. The molecule has 1 aromatic rings. The van der Waals surface area contributed by atoms with E-state index >= 15 is 0 Å². The molecule has 1 aliphatic carbocycles. The minimum Gasteiger partial charge on any atom is -0.302 e. The molecule has 1 aromatic carbocycles. The summed E-state index contributed by atoms with van der Waals surface area (Å²) in [7, 11) is 0. The summed E-state index contributed by atoms with van der Waals surface area (Å²) >= 11 is 1.73. The molecule has 2 heteroatoms. The summed E-state index contributed by atoms with van der Waals surface area (Å²) in [4.78, 5) is 12.3. The molecule has 14 heavy (non-hydrogen) atoms. The van der Waals surface area contributed by atoms with E-state index in [4.69, 9.17) is 0 Å². The Kier molecular flexibility index (Phi) is 2.64. The van der Waals surface area contributed by atoms with Crippen molar-refractivity contribution in [2.24, 2.45) is 0 Å². The molecule has 0 radical (unpaired) electrons. The summed E-state index contributed by atoms with van der Waals surface area (Å²) < 4.78 is 0. The van der Waals surface area contributed by atoms with Crippen LogP contribution in [0.1, 0.15) is 24.8 Å². The molecular formula is C12H14OS. The van der Waals surface area contributed by atoms with Crippen LogP contribution in [0.4, 0.5) is 0 Å². The van der Waals surface area contributed by atoms with Crippen LogP contribution in [0.25, 0.3) is 0 Å². The normalized spacial score (nSPS) is 18.6. The highest BCUT2D eigenvalue weighted by Gasteiger charge is 2.38. The lowest BCUT2D eigenvalue weighted by Crippen LogP contribution is -2.35. The van der Waals surface area contributed by atoms with Crippen molar-refractivity contribution in [2.75, 3.05) is 6.26 Å². The molecule has 0 unspecified atom stereocenters. The summed E-state index contributed by atoms with van der Waals surface area (Å²) in [6.07, 6.45) is 6.42. The molecule has 0 bridgehead atoms. The van der Waals surface area contributed by atoms with Crippen LogP contribution in [0.15, 0.2) is 29.2 Å². The molecule has 1 nitrogen and oxygen atoms in total. The molecule has 1 aliphatic rings. The fourth-order valence-corrected chi connectivity index (χ4v) is 2.36. The van der Waals surface area contributed by atoms with Gasteiger partial charge in [-0.1, -0.05) is 18.6 Å². The predicted molar refractivity (Wildman–Crippen MR) is 59.8 cm³/mol. The third kappa shape index (κ3) is 1.48. The van der Waals surface area contributed by atoms with Crippen LogP contribution in [0.2, 0.25) is 0 Å². The van der Waals surface area contributed by atoms with Gasteiger partial charge in [0.25, 0.3) is 0 Å². The van der Waals surface area contributed by atoms with Crippen LogP contribution < -0.4 is 0 Å². The standard InChI is InChI=1S/C12H14OS/c1-14-11-5-3-10(4-6-11)12(9-13)7-2-8-12/h3-6,9H,2,7-8H2,1H3. The van der Waals surface area contributed by atoms with Gasteiger partial charge in [0.2, 0.25) is 0 Å². The lowest BCUT2D eigenvalue weighted by molar-refractivity contribution is -0.115. The van der Waals surface area contributed by atoms with E-state index < -0.39 is 0 Å². The highest BCUT2D eigenvalue weighted by Crippen LogP contribution is 2.42. The number of rotatable bonds is 3. The van der Waals surface area contributed by atoms with Gasteiger partial charge in [-0.15, -0.1) is 11.8 Å². The first-order chi connectivity index (χ1) is 6.80. The summed E-state index contributed by atoms with van der Waals surface area (Å²) in [5.41, 5.74) is 1.05. The van der Waals surface area contributed by atoms with Crippen molar-refractivity contribution in [3.05, 3.63) is 29.8 Å². The number of benzene rings is 1. The van der Waals surface area contributed by atoms with Crippen molar-refractivity contribution in [3.63, 3.8) is 0 Å². The Morgan fingerprint density at radius 3 is 2.29 bits per heavy atom. The highest BCUT2D eigenvalue weighted by molar-refractivity contribution is 7.98. The highest BCUT2D eigenvalue weighted by atomic mass is 32.2. The molecule has 1 saturated carbocycles. The molecule has 0 aromatic heterocycles. The zero-order valence-corrected chi connectivity index (χ0v) is 9.14. The number of aldehydes is 1. The first kappa shape index (κ1) is 9.78. The topological polar surface area (TPSA) is 17.1 Å². The minimum atomic E-state index is -0.142. The summed E-state index contributed by atoms with van der Waals surface area (Å²) in [6.45, 7) is 0. The van der Waals surface area contributed by atoms with Crippen LogP contribution in [0, 0.1) is 0 Å². The van der Waals surface area contributed by atoms with Gasteiger partial charge in [0.1, 0.15) is 6.29 Å². The van der Waals surface area contributed by atoms with E-state index in [1.54, 1.807) is 11.8 Å². The zero-order valence-electron chi connectivity index (χ0n) is 8.32. The SMILES string of the molecule is CSc1ccc(C2(C=O)CCC2)cc1. The molecule has 0 saturated heterocycles. The van der Waals surface area contributed by atoms with Crippen LogP contribution >= 0.6 is 11.8 Å². The predicted octanol–water partition coefficient (Wildman–Crippen LogP) is 3.03. The Morgan fingerprint density at radius 1 is 1.29 bits per heavy atom. The maximum Gasteiger partial charge on any atom is 0.130 e. The number of carbonyl (C=O) groups excluding carboxylic acids is 1. The summed E-state index contributed by atoms with van der Waals surface area (Å²) in [5, 5.41) is 0. The fourth-order valence-electron chi connectivity index (χ4n) is 1.96. The van der Waals surface area contributed by atoms with Crippen molar-refractivity contribution in [2.45, 2.75) is 29.6 Å². The van der Waals surface area contributed by atoms with Crippen LogP contribution in [-0.4, -0.2) is 12.5 Å². The Balaban J connectivity index is 2.27. The maximum absolute atomic E-state index is 11.1. The van der Waals surface area contributed by atoms with Gasteiger partial charge in [-0.25, -0.2) is 0 Å². The third-order valence-electron chi connectivity index (χ3n) is 3.14. The molecule has 0 N–H and O–H groups in total. The molecule has 74 valence electrons. The molecule has 1 fully saturated rings. The lowest BCUT2D eigenvalue weighted by atomic mass is 9.65. The molecule has 0 heterocycles. The quantitative estimate of drug-likeness (QED) is 0.558. The van der Waals surface area contributed by atoms with E-state index in [0.717, 1.165) is 19.1 Å². The lowest BCUT2D eigenvalue weighted by Gasteiger charge is -2.37. The van der Waals surface area contributed by atoms with E-state index in [1.165, 1.54) is 16.9 Å². The van der Waals surface area contributed by atoms with Crippen molar-refractivity contribution in [3.8, 4) is 0 Å². The van der Waals surface area contributed by atoms with E-state index in [1.807, 2.05) is 0 Å². The second kappa shape index (κ2) is 3.77. The van der Waals surface area contributed by atoms with E-state index in [9.17, 15) is 4.79 Å². The summed E-state index contributed by atoms with van der Waals surface area (Å²) in [5.74, 6) is 0. The van der Waals surface area contributed by atoms with Gasteiger partial charge in [0, 0.05) is 4.90 Å². The first-order valence-electron chi connectivity index (χ1n) is 4.92. The Bertz CT molecular complexity index is 325. The van der Waals surface area contributed by atoms with Crippen molar-refractivity contribution in [1.29, 1.82) is 0 Å². The van der Waals surface area contributed by atoms with Gasteiger partial charge >= 0.3 is 0 Å². The molecule has 0 spiro atoms. The molecule has 0 aliphatic heterocycles. The van der Waals surface area contributed by atoms with E-state index in [2.05, 4.69) is 30.5 Å².